The van der Waals surface area contributed by atoms with Gasteiger partial charge in [0.05, 0.1) is 29.4 Å². The van der Waals surface area contributed by atoms with Gasteiger partial charge in [-0.1, -0.05) is 54.8 Å². The topological polar surface area (TPSA) is 117 Å². The summed E-state index contributed by atoms with van der Waals surface area (Å²) >= 11 is 0. The Morgan fingerprint density at radius 3 is 2.61 bits per heavy atom. The highest BCUT2D eigenvalue weighted by molar-refractivity contribution is 5.92. The zero-order chi connectivity index (χ0) is 25.3. The van der Waals surface area contributed by atoms with E-state index in [0.717, 1.165) is 31.7 Å². The van der Waals surface area contributed by atoms with Crippen molar-refractivity contribution in [3.8, 4) is 11.3 Å². The Morgan fingerprint density at radius 1 is 1.14 bits per heavy atom. The fourth-order valence-electron chi connectivity index (χ4n) is 4.60. The van der Waals surface area contributed by atoms with Gasteiger partial charge in [0.1, 0.15) is 12.2 Å². The first-order valence-corrected chi connectivity index (χ1v) is 11.8. The van der Waals surface area contributed by atoms with Crippen LogP contribution in [0.5, 0.6) is 0 Å². The second kappa shape index (κ2) is 9.59. The minimum absolute atomic E-state index is 0.000120. The van der Waals surface area contributed by atoms with E-state index >= 15 is 0 Å². The normalized spacial score (nSPS) is 14.9. The fourth-order valence-corrected chi connectivity index (χ4v) is 4.60. The quantitative estimate of drug-likeness (QED) is 0.418. The Morgan fingerprint density at radius 2 is 1.89 bits per heavy atom. The van der Waals surface area contributed by atoms with Crippen LogP contribution in [0, 0.1) is 0 Å². The number of rotatable bonds is 6. The van der Waals surface area contributed by atoms with Gasteiger partial charge in [-0.2, -0.15) is 18.3 Å². The van der Waals surface area contributed by atoms with Crippen LogP contribution in [0.4, 0.5) is 19.0 Å². The summed E-state index contributed by atoms with van der Waals surface area (Å²) < 4.78 is 44.5. The molecule has 3 N–H and O–H groups in total. The van der Waals surface area contributed by atoms with Crippen molar-refractivity contribution < 1.29 is 18.0 Å². The van der Waals surface area contributed by atoms with Crippen LogP contribution in [0.25, 0.3) is 22.3 Å². The number of nitrogen functional groups attached to an aromatic ring is 1. The van der Waals surface area contributed by atoms with Gasteiger partial charge in [0.25, 0.3) is 0 Å². The van der Waals surface area contributed by atoms with Gasteiger partial charge in [-0.3, -0.25) is 4.79 Å². The van der Waals surface area contributed by atoms with Crippen molar-refractivity contribution in [2.75, 3.05) is 5.73 Å². The first-order chi connectivity index (χ1) is 17.3. The van der Waals surface area contributed by atoms with Gasteiger partial charge in [0.2, 0.25) is 5.91 Å². The molecule has 36 heavy (non-hydrogen) atoms. The first-order valence-electron chi connectivity index (χ1n) is 11.8. The molecule has 188 valence electrons. The van der Waals surface area contributed by atoms with Crippen molar-refractivity contribution >= 4 is 22.8 Å². The third-order valence-electron chi connectivity index (χ3n) is 6.28. The molecule has 1 saturated carbocycles. The highest BCUT2D eigenvalue weighted by Gasteiger charge is 2.36. The lowest BCUT2D eigenvalue weighted by molar-refractivity contribution is -0.136. The van der Waals surface area contributed by atoms with Crippen LogP contribution in [0.2, 0.25) is 0 Å². The summed E-state index contributed by atoms with van der Waals surface area (Å²) in [5.74, 6) is -0.431. The predicted molar refractivity (Wildman–Crippen MR) is 127 cm³/mol. The minimum Gasteiger partial charge on any atom is -0.382 e. The number of nitrogens with zero attached hydrogens (tertiary/aromatic N) is 6. The van der Waals surface area contributed by atoms with Crippen molar-refractivity contribution in [2.45, 2.75) is 57.4 Å². The maximum absolute atomic E-state index is 13.9. The number of nitrogens with two attached hydrogens (primary N) is 1. The average Bonchev–Trinajstić information content (AvgIpc) is 3.42. The summed E-state index contributed by atoms with van der Waals surface area (Å²) in [7, 11) is 0. The Hall–Kier alpha value is -3.96. The number of hydrogen-bond acceptors (Lipinski definition) is 6. The molecule has 3 aromatic heterocycles. The lowest BCUT2D eigenvalue weighted by atomic mass is 9.95. The van der Waals surface area contributed by atoms with E-state index in [0.29, 0.717) is 11.3 Å². The average molecular weight is 499 g/mol. The lowest BCUT2D eigenvalue weighted by Gasteiger charge is -2.22. The van der Waals surface area contributed by atoms with E-state index in [1.54, 1.807) is 36.5 Å². The van der Waals surface area contributed by atoms with E-state index in [-0.39, 0.29) is 47.6 Å². The molecule has 0 unspecified atom stereocenters. The molecule has 0 spiro atoms. The number of pyridine rings is 1. The van der Waals surface area contributed by atoms with Gasteiger partial charge in [0.15, 0.2) is 11.5 Å². The molecule has 9 nitrogen and oxygen atoms in total. The number of anilines is 1. The van der Waals surface area contributed by atoms with Crippen molar-refractivity contribution in [1.29, 1.82) is 0 Å². The molecule has 1 aliphatic rings. The molecule has 0 radical (unpaired) electrons. The zero-order valence-corrected chi connectivity index (χ0v) is 19.4. The first kappa shape index (κ1) is 23.8. The van der Waals surface area contributed by atoms with Gasteiger partial charge in [-0.15, -0.1) is 5.10 Å². The summed E-state index contributed by atoms with van der Waals surface area (Å²) in [6, 6.07) is 9.76. The molecule has 0 bridgehead atoms. The summed E-state index contributed by atoms with van der Waals surface area (Å²) in [5, 5.41) is 14.9. The van der Waals surface area contributed by atoms with Gasteiger partial charge < -0.3 is 11.1 Å². The molecule has 0 saturated heterocycles. The van der Waals surface area contributed by atoms with Gasteiger partial charge in [-0.05, 0) is 18.9 Å². The van der Waals surface area contributed by atoms with E-state index in [4.69, 9.17) is 5.73 Å². The third kappa shape index (κ3) is 5.02. The molecule has 0 atom stereocenters. The highest BCUT2D eigenvalue weighted by atomic mass is 19.4. The number of carbonyl (C=O) groups is 1. The van der Waals surface area contributed by atoms with E-state index in [2.05, 4.69) is 25.7 Å². The van der Waals surface area contributed by atoms with Crippen molar-refractivity contribution in [2.24, 2.45) is 0 Å². The van der Waals surface area contributed by atoms with Crippen LogP contribution >= 0.6 is 0 Å². The van der Waals surface area contributed by atoms with Crippen molar-refractivity contribution in [3.05, 3.63) is 53.9 Å². The smallest absolute Gasteiger partial charge is 0.382 e. The van der Waals surface area contributed by atoms with Crippen LogP contribution < -0.4 is 11.1 Å². The molecular formula is C24H25F3N8O. The molecule has 5 rings (SSSR count). The van der Waals surface area contributed by atoms with E-state index in [1.807, 2.05) is 0 Å². The largest absolute Gasteiger partial charge is 0.417 e. The Labute approximate surface area is 204 Å². The number of carbonyl (C=O) groups excluding carboxylic acids is 1. The summed E-state index contributed by atoms with van der Waals surface area (Å²) in [6.07, 6.45) is 2.26. The summed E-state index contributed by atoms with van der Waals surface area (Å²) in [6.45, 7) is -0.0133. The molecule has 1 amide bonds. The molecule has 1 fully saturated rings. The molecule has 4 aromatic rings. The van der Waals surface area contributed by atoms with Gasteiger partial charge >= 0.3 is 6.18 Å². The Balaban J connectivity index is 1.41. The highest BCUT2D eigenvalue weighted by Crippen LogP contribution is 2.39. The number of nitrogens with one attached hydrogen (secondary N) is 1. The molecule has 0 aliphatic heterocycles. The number of aromatic nitrogens is 6. The van der Waals surface area contributed by atoms with Crippen molar-refractivity contribution in [3.63, 3.8) is 0 Å². The monoisotopic (exact) mass is 498 g/mol. The molecular weight excluding hydrogens is 473 g/mol. The Bertz CT molecular complexity index is 1370. The second-order valence-corrected chi connectivity index (χ2v) is 8.97. The maximum atomic E-state index is 13.9. The van der Waals surface area contributed by atoms with Gasteiger partial charge in [0, 0.05) is 11.6 Å². The number of benzene rings is 1. The summed E-state index contributed by atoms with van der Waals surface area (Å²) in [4.78, 5) is 16.8. The predicted octanol–water partition coefficient (Wildman–Crippen LogP) is 3.79. The molecule has 3 heterocycles. The minimum atomic E-state index is -4.65. The van der Waals surface area contributed by atoms with E-state index in [1.165, 1.54) is 15.8 Å². The number of fused-ring (bicyclic) bond motifs is 1. The third-order valence-corrected chi connectivity index (χ3v) is 6.28. The zero-order valence-electron chi connectivity index (χ0n) is 19.4. The van der Waals surface area contributed by atoms with Crippen molar-refractivity contribution in [1.82, 2.24) is 35.1 Å². The van der Waals surface area contributed by atoms with Crippen LogP contribution in [0.15, 0.2) is 42.6 Å². The van der Waals surface area contributed by atoms with Crippen LogP contribution in [-0.2, 0) is 24.1 Å². The van der Waals surface area contributed by atoms with Crippen LogP contribution in [0.1, 0.15) is 43.4 Å². The maximum Gasteiger partial charge on any atom is 0.417 e. The number of hydrogen-bond donors (Lipinski definition) is 2. The van der Waals surface area contributed by atoms with Crippen LogP contribution in [-0.4, -0.2) is 41.7 Å². The number of halogens is 3. The standard InChI is InChI=1S/C24H25F3N8O/c25-24(26,27)18-11-19(15-7-3-1-4-8-15)30-23-21(18)22(28)32-35(23)13-17-12-34(33-31-17)14-20(36)29-16-9-5-2-6-10-16/h1,3-4,7-8,11-12,16H,2,5-6,9-10,13-14H2,(H2,28,32)(H,29,36). The SMILES string of the molecule is Nc1nn(Cc2cn(CC(=O)NC3CCCCC3)nn2)c2nc(-c3ccccc3)cc(C(F)(F)F)c12. The second-order valence-electron chi connectivity index (χ2n) is 8.97. The Kier molecular flexibility index (Phi) is 6.33. The number of alkyl halides is 3. The lowest BCUT2D eigenvalue weighted by Crippen LogP contribution is -2.38. The van der Waals surface area contributed by atoms with E-state index < -0.39 is 11.7 Å². The van der Waals surface area contributed by atoms with E-state index in [9.17, 15) is 18.0 Å². The van der Waals surface area contributed by atoms with Crippen LogP contribution in [0.3, 0.4) is 0 Å². The van der Waals surface area contributed by atoms with Gasteiger partial charge in [-0.25, -0.2) is 14.3 Å². The molecule has 1 aliphatic carbocycles. The fraction of sp³-hybridized carbons (Fsp3) is 0.375. The summed E-state index contributed by atoms with van der Waals surface area (Å²) in [5.41, 5.74) is 6.09. The number of amides is 1. The molecule has 1 aromatic carbocycles. The molecule has 12 heteroatoms.